The van der Waals surface area contributed by atoms with E-state index in [0.29, 0.717) is 6.61 Å². The summed E-state index contributed by atoms with van der Waals surface area (Å²) in [6.45, 7) is 0.785. The molecule has 0 saturated heterocycles. The lowest BCUT2D eigenvalue weighted by Crippen LogP contribution is -2.07. The van der Waals surface area contributed by atoms with Crippen LogP contribution in [0.5, 0.6) is 11.5 Å². The Kier molecular flexibility index (Phi) is 7.57. The number of hydrogen-bond donors (Lipinski definition) is 1. The van der Waals surface area contributed by atoms with Gasteiger partial charge in [0.15, 0.2) is 11.0 Å². The van der Waals surface area contributed by atoms with Crippen LogP contribution in [-0.2, 0) is 17.9 Å². The van der Waals surface area contributed by atoms with Crippen LogP contribution in [0.25, 0.3) is 11.0 Å². The molecule has 1 N–H and O–H groups in total. The maximum Gasteiger partial charge on any atom is 0.371 e. The van der Waals surface area contributed by atoms with Crippen molar-refractivity contribution in [3.05, 3.63) is 106 Å². The highest BCUT2D eigenvalue weighted by molar-refractivity contribution is 5.89. The number of aromatic carboxylic acids is 1. The third-order valence-corrected chi connectivity index (χ3v) is 5.20. The highest BCUT2D eigenvalue weighted by Crippen LogP contribution is 2.25. The van der Waals surface area contributed by atoms with Crippen molar-refractivity contribution in [2.24, 2.45) is 0 Å². The van der Waals surface area contributed by atoms with Crippen LogP contribution < -0.4 is 15.1 Å². The van der Waals surface area contributed by atoms with Crippen LogP contribution in [0.4, 0.5) is 0 Å². The second kappa shape index (κ2) is 11.2. The molecule has 4 aromatic rings. The number of carbonyl (C=O) groups is 1. The molecule has 0 aliphatic heterocycles. The van der Waals surface area contributed by atoms with Gasteiger partial charge in [-0.2, -0.15) is 4.89 Å². The first-order valence-electron chi connectivity index (χ1n) is 11.0. The topological polar surface area (TPSA) is 95.2 Å². The standard InChI is InChI=1S/C27H24O7/c28-23-17-25(27(29)30)33-26-22(23)10-6-11-24(26)34-32-18-20-12-14-21(15-13-20)31-16-5-4-9-19-7-2-1-3-8-19/h1-3,6-8,10-15,17H,4-5,9,16,18H2,(H,29,30). The van der Waals surface area contributed by atoms with Crippen molar-refractivity contribution in [3.8, 4) is 11.5 Å². The number of carboxylic acid groups (broad SMARTS) is 1. The average molecular weight is 460 g/mol. The molecule has 34 heavy (non-hydrogen) atoms. The fraction of sp³-hybridized carbons (Fsp3) is 0.185. The van der Waals surface area contributed by atoms with Crippen molar-refractivity contribution in [2.75, 3.05) is 6.61 Å². The summed E-state index contributed by atoms with van der Waals surface area (Å²) >= 11 is 0. The van der Waals surface area contributed by atoms with Crippen molar-refractivity contribution in [3.63, 3.8) is 0 Å². The molecule has 0 fully saturated rings. The summed E-state index contributed by atoms with van der Waals surface area (Å²) in [7, 11) is 0. The molecule has 0 amide bonds. The van der Waals surface area contributed by atoms with E-state index in [1.807, 2.05) is 30.3 Å². The number of benzene rings is 3. The predicted molar refractivity (Wildman–Crippen MR) is 126 cm³/mol. The fourth-order valence-corrected chi connectivity index (χ4v) is 3.43. The summed E-state index contributed by atoms with van der Waals surface area (Å²) < 4.78 is 11.1. The van der Waals surface area contributed by atoms with E-state index in [2.05, 4.69) is 24.3 Å². The molecule has 7 heteroatoms. The van der Waals surface area contributed by atoms with Crippen molar-refractivity contribution in [1.29, 1.82) is 0 Å². The molecule has 0 atom stereocenters. The quantitative estimate of drug-likeness (QED) is 0.182. The zero-order chi connectivity index (χ0) is 23.8. The van der Waals surface area contributed by atoms with Crippen LogP contribution in [-0.4, -0.2) is 17.7 Å². The molecule has 0 spiro atoms. The van der Waals surface area contributed by atoms with Crippen molar-refractivity contribution >= 4 is 16.9 Å². The number of para-hydroxylation sites is 1. The maximum atomic E-state index is 12.1. The van der Waals surface area contributed by atoms with Gasteiger partial charge in [0.05, 0.1) is 12.0 Å². The largest absolute Gasteiger partial charge is 0.494 e. The van der Waals surface area contributed by atoms with Crippen LogP contribution in [0.3, 0.4) is 0 Å². The number of rotatable bonds is 11. The Morgan fingerprint density at radius 3 is 2.44 bits per heavy atom. The minimum Gasteiger partial charge on any atom is -0.494 e. The molecule has 0 bridgehead atoms. The van der Waals surface area contributed by atoms with Crippen LogP contribution in [0.1, 0.15) is 34.5 Å². The fourth-order valence-electron chi connectivity index (χ4n) is 3.43. The first-order chi connectivity index (χ1) is 16.6. The van der Waals surface area contributed by atoms with E-state index >= 15 is 0 Å². The van der Waals surface area contributed by atoms with Crippen LogP contribution in [0.2, 0.25) is 0 Å². The minimum absolute atomic E-state index is 0.0170. The van der Waals surface area contributed by atoms with Gasteiger partial charge in [-0.25, -0.2) is 4.79 Å². The lowest BCUT2D eigenvalue weighted by atomic mass is 10.1. The number of aryl methyl sites for hydroxylation is 1. The van der Waals surface area contributed by atoms with Crippen LogP contribution >= 0.6 is 0 Å². The maximum absolute atomic E-state index is 12.1. The van der Waals surface area contributed by atoms with E-state index in [1.54, 1.807) is 6.07 Å². The predicted octanol–water partition coefficient (Wildman–Crippen LogP) is 5.40. The van der Waals surface area contributed by atoms with Gasteiger partial charge in [-0.15, -0.1) is 0 Å². The van der Waals surface area contributed by atoms with Gasteiger partial charge < -0.3 is 19.1 Å². The molecule has 0 unspecified atom stereocenters. The lowest BCUT2D eigenvalue weighted by Gasteiger charge is -2.09. The number of fused-ring (bicyclic) bond motifs is 1. The van der Waals surface area contributed by atoms with E-state index in [4.69, 9.17) is 24.0 Å². The Hall–Kier alpha value is -4.10. The SMILES string of the molecule is O=C(O)c1cc(=O)c2cccc(OOCc3ccc(OCCCCc4ccccc4)cc3)c2o1. The van der Waals surface area contributed by atoms with Gasteiger partial charge in [0.1, 0.15) is 12.4 Å². The molecule has 1 aromatic heterocycles. The van der Waals surface area contributed by atoms with Crippen molar-refractivity contribution in [1.82, 2.24) is 0 Å². The molecule has 0 aliphatic rings. The molecular formula is C27H24O7. The van der Waals surface area contributed by atoms with Gasteiger partial charge in [-0.3, -0.25) is 4.79 Å². The molecule has 4 rings (SSSR count). The number of carboxylic acids is 1. The summed E-state index contributed by atoms with van der Waals surface area (Å²) in [5.74, 6) is -0.910. The number of unbranched alkanes of at least 4 members (excludes halogenated alkanes) is 1. The molecule has 0 aliphatic carbocycles. The summed E-state index contributed by atoms with van der Waals surface area (Å²) in [6.07, 6.45) is 3.08. The van der Waals surface area contributed by atoms with Crippen LogP contribution in [0.15, 0.2) is 88.1 Å². The number of hydrogen-bond acceptors (Lipinski definition) is 6. The first kappa shape index (κ1) is 23.1. The molecular weight excluding hydrogens is 436 g/mol. The highest BCUT2D eigenvalue weighted by atomic mass is 17.2. The summed E-state index contributed by atoms with van der Waals surface area (Å²) in [6, 6.07) is 23.5. The van der Waals surface area contributed by atoms with Gasteiger partial charge in [0, 0.05) is 6.07 Å². The molecule has 1 heterocycles. The molecule has 0 radical (unpaired) electrons. The monoisotopic (exact) mass is 460 g/mol. The molecule has 174 valence electrons. The minimum atomic E-state index is -1.34. The Balaban J connectivity index is 1.26. The lowest BCUT2D eigenvalue weighted by molar-refractivity contribution is -0.216. The highest BCUT2D eigenvalue weighted by Gasteiger charge is 2.14. The Bertz CT molecular complexity index is 1290. The average Bonchev–Trinajstić information content (AvgIpc) is 2.85. The van der Waals surface area contributed by atoms with E-state index in [-0.39, 0.29) is 23.3 Å². The summed E-state index contributed by atoms with van der Waals surface area (Å²) in [5, 5.41) is 9.32. The normalized spacial score (nSPS) is 10.8. The molecule has 0 saturated carbocycles. The van der Waals surface area contributed by atoms with Gasteiger partial charge in [0.2, 0.25) is 11.5 Å². The Morgan fingerprint density at radius 2 is 1.68 bits per heavy atom. The third-order valence-electron chi connectivity index (χ3n) is 5.20. The zero-order valence-corrected chi connectivity index (χ0v) is 18.4. The summed E-state index contributed by atoms with van der Waals surface area (Å²) in [4.78, 5) is 33.9. The van der Waals surface area contributed by atoms with Gasteiger partial charge in [0.25, 0.3) is 0 Å². The van der Waals surface area contributed by atoms with Gasteiger partial charge in [-0.1, -0.05) is 48.5 Å². The van der Waals surface area contributed by atoms with E-state index in [1.165, 1.54) is 17.7 Å². The van der Waals surface area contributed by atoms with E-state index in [9.17, 15) is 9.59 Å². The molecule has 3 aromatic carbocycles. The van der Waals surface area contributed by atoms with Crippen molar-refractivity contribution < 1.29 is 28.8 Å². The Labute approximate surface area is 196 Å². The van der Waals surface area contributed by atoms with E-state index in [0.717, 1.165) is 36.6 Å². The Morgan fingerprint density at radius 1 is 0.882 bits per heavy atom. The second-order valence-electron chi connectivity index (χ2n) is 7.69. The summed E-state index contributed by atoms with van der Waals surface area (Å²) in [5.41, 5.74) is 1.73. The van der Waals surface area contributed by atoms with Gasteiger partial charge >= 0.3 is 5.97 Å². The molecule has 7 nitrogen and oxygen atoms in total. The smallest absolute Gasteiger partial charge is 0.371 e. The first-order valence-corrected chi connectivity index (χ1v) is 11.0. The van der Waals surface area contributed by atoms with Crippen molar-refractivity contribution in [2.45, 2.75) is 25.9 Å². The van der Waals surface area contributed by atoms with Crippen LogP contribution in [0, 0.1) is 0 Å². The third kappa shape index (κ3) is 6.02. The zero-order valence-electron chi connectivity index (χ0n) is 18.4. The van der Waals surface area contributed by atoms with E-state index < -0.39 is 17.2 Å². The van der Waals surface area contributed by atoms with Gasteiger partial charge in [-0.05, 0) is 54.7 Å². The second-order valence-corrected chi connectivity index (χ2v) is 7.69. The number of ether oxygens (including phenoxy) is 1.